The topological polar surface area (TPSA) is 62.4 Å². The molecule has 1 amide bonds. The molecule has 0 spiro atoms. The second-order valence-corrected chi connectivity index (χ2v) is 4.07. The minimum atomic E-state index is 0.0958. The first kappa shape index (κ1) is 13.4. The van der Waals surface area contributed by atoms with E-state index in [2.05, 4.69) is 16.0 Å². The quantitative estimate of drug-likeness (QED) is 0.514. The van der Waals surface area contributed by atoms with Crippen LogP contribution in [0.2, 0.25) is 0 Å². The molecule has 0 aliphatic carbocycles. The summed E-state index contributed by atoms with van der Waals surface area (Å²) in [4.78, 5) is 11.3. The largest absolute Gasteiger partial charge is 0.383 e. The molecule has 3 N–H and O–H groups in total. The standard InChI is InChI=1S/C11H23N3O2/c1-16-9-8-14-11(15)4-7-13-10-2-5-12-6-3-10/h10,12-13H,2-9H2,1H3,(H,14,15). The third-order valence-corrected chi connectivity index (χ3v) is 2.75. The lowest BCUT2D eigenvalue weighted by atomic mass is 10.1. The van der Waals surface area contributed by atoms with Crippen molar-refractivity contribution in [1.29, 1.82) is 0 Å². The molecule has 1 rings (SSSR count). The third kappa shape index (κ3) is 6.05. The zero-order valence-corrected chi connectivity index (χ0v) is 10.1. The molecule has 0 atom stereocenters. The molecule has 1 aliphatic heterocycles. The Bertz CT molecular complexity index is 194. The predicted octanol–water partition coefficient (Wildman–Crippen LogP) is -0.519. The maximum Gasteiger partial charge on any atom is 0.221 e. The van der Waals surface area contributed by atoms with Gasteiger partial charge in [0.15, 0.2) is 0 Å². The molecule has 5 heteroatoms. The summed E-state index contributed by atoms with van der Waals surface area (Å²) >= 11 is 0. The summed E-state index contributed by atoms with van der Waals surface area (Å²) in [6, 6.07) is 0.577. The molecular weight excluding hydrogens is 206 g/mol. The van der Waals surface area contributed by atoms with Gasteiger partial charge in [-0.3, -0.25) is 4.79 Å². The summed E-state index contributed by atoms with van der Waals surface area (Å²) in [6.07, 6.45) is 2.87. The van der Waals surface area contributed by atoms with Crippen LogP contribution in [0.5, 0.6) is 0 Å². The lowest BCUT2D eigenvalue weighted by Crippen LogP contribution is -2.41. The van der Waals surface area contributed by atoms with Gasteiger partial charge in [0.25, 0.3) is 0 Å². The highest BCUT2D eigenvalue weighted by Gasteiger charge is 2.11. The van der Waals surface area contributed by atoms with Crippen molar-refractivity contribution in [2.24, 2.45) is 0 Å². The van der Waals surface area contributed by atoms with Gasteiger partial charge < -0.3 is 20.7 Å². The molecule has 1 saturated heterocycles. The number of hydrogen-bond acceptors (Lipinski definition) is 4. The lowest BCUT2D eigenvalue weighted by Gasteiger charge is -2.23. The molecule has 0 aromatic carbocycles. The number of hydrogen-bond donors (Lipinski definition) is 3. The maximum atomic E-state index is 11.3. The SMILES string of the molecule is COCCNC(=O)CCNC1CCNCC1. The first-order chi connectivity index (χ1) is 7.83. The number of rotatable bonds is 7. The van der Waals surface area contributed by atoms with E-state index in [0.29, 0.717) is 25.6 Å². The van der Waals surface area contributed by atoms with Crippen molar-refractivity contribution in [1.82, 2.24) is 16.0 Å². The average molecular weight is 229 g/mol. The maximum absolute atomic E-state index is 11.3. The zero-order valence-electron chi connectivity index (χ0n) is 10.1. The smallest absolute Gasteiger partial charge is 0.221 e. The van der Waals surface area contributed by atoms with Crippen LogP contribution in [0.3, 0.4) is 0 Å². The number of piperidine rings is 1. The normalized spacial score (nSPS) is 17.3. The first-order valence-electron chi connectivity index (χ1n) is 6.02. The Morgan fingerprint density at radius 1 is 1.38 bits per heavy atom. The van der Waals surface area contributed by atoms with E-state index in [1.54, 1.807) is 7.11 Å². The fraction of sp³-hybridized carbons (Fsp3) is 0.909. The molecule has 5 nitrogen and oxygen atoms in total. The Morgan fingerprint density at radius 2 is 2.12 bits per heavy atom. The lowest BCUT2D eigenvalue weighted by molar-refractivity contribution is -0.121. The second-order valence-electron chi connectivity index (χ2n) is 4.07. The van der Waals surface area contributed by atoms with E-state index < -0.39 is 0 Å². The van der Waals surface area contributed by atoms with Gasteiger partial charge in [-0.05, 0) is 25.9 Å². The number of nitrogens with one attached hydrogen (secondary N) is 3. The van der Waals surface area contributed by atoms with Crippen molar-refractivity contribution >= 4 is 5.91 Å². The van der Waals surface area contributed by atoms with Gasteiger partial charge in [0.2, 0.25) is 5.91 Å². The van der Waals surface area contributed by atoms with Crippen LogP contribution in [0.1, 0.15) is 19.3 Å². The molecule has 0 bridgehead atoms. The molecular formula is C11H23N3O2. The van der Waals surface area contributed by atoms with Crippen molar-refractivity contribution in [2.45, 2.75) is 25.3 Å². The summed E-state index contributed by atoms with van der Waals surface area (Å²) in [7, 11) is 1.63. The van der Waals surface area contributed by atoms with Crippen molar-refractivity contribution in [3.63, 3.8) is 0 Å². The van der Waals surface area contributed by atoms with Crippen molar-refractivity contribution in [3.8, 4) is 0 Å². The van der Waals surface area contributed by atoms with Gasteiger partial charge in [0, 0.05) is 32.7 Å². The van der Waals surface area contributed by atoms with Crippen molar-refractivity contribution in [2.75, 3.05) is 39.9 Å². The van der Waals surface area contributed by atoms with Gasteiger partial charge in [0.05, 0.1) is 6.61 Å². The molecule has 0 aromatic rings. The van der Waals surface area contributed by atoms with E-state index in [4.69, 9.17) is 4.74 Å². The molecule has 0 aromatic heterocycles. The molecule has 0 saturated carbocycles. The van der Waals surface area contributed by atoms with Gasteiger partial charge in [-0.1, -0.05) is 0 Å². The summed E-state index contributed by atoms with van der Waals surface area (Å²) in [6.45, 7) is 4.11. The van der Waals surface area contributed by atoms with E-state index in [9.17, 15) is 4.79 Å². The Balaban J connectivity index is 1.94. The van der Waals surface area contributed by atoms with E-state index in [1.807, 2.05) is 0 Å². The molecule has 1 heterocycles. The van der Waals surface area contributed by atoms with Crippen LogP contribution >= 0.6 is 0 Å². The molecule has 0 unspecified atom stereocenters. The van der Waals surface area contributed by atoms with Crippen LogP contribution in [-0.4, -0.2) is 51.8 Å². The van der Waals surface area contributed by atoms with Crippen LogP contribution in [0.4, 0.5) is 0 Å². The Morgan fingerprint density at radius 3 is 2.81 bits per heavy atom. The highest BCUT2D eigenvalue weighted by atomic mass is 16.5. The molecule has 0 radical (unpaired) electrons. The van der Waals surface area contributed by atoms with Crippen LogP contribution in [-0.2, 0) is 9.53 Å². The molecule has 1 fully saturated rings. The van der Waals surface area contributed by atoms with Gasteiger partial charge in [0.1, 0.15) is 0 Å². The number of ether oxygens (including phenoxy) is 1. The Hall–Kier alpha value is -0.650. The van der Waals surface area contributed by atoms with Crippen LogP contribution < -0.4 is 16.0 Å². The molecule has 16 heavy (non-hydrogen) atoms. The number of carbonyl (C=O) groups excluding carboxylic acids is 1. The van der Waals surface area contributed by atoms with Gasteiger partial charge >= 0.3 is 0 Å². The summed E-state index contributed by atoms with van der Waals surface area (Å²) in [5.41, 5.74) is 0. The van der Waals surface area contributed by atoms with Crippen molar-refractivity contribution in [3.05, 3.63) is 0 Å². The molecule has 1 aliphatic rings. The average Bonchev–Trinajstić information content (AvgIpc) is 2.31. The van der Waals surface area contributed by atoms with Crippen LogP contribution in [0.15, 0.2) is 0 Å². The Labute approximate surface area is 97.3 Å². The van der Waals surface area contributed by atoms with Crippen LogP contribution in [0, 0.1) is 0 Å². The van der Waals surface area contributed by atoms with Gasteiger partial charge in [-0.2, -0.15) is 0 Å². The van der Waals surface area contributed by atoms with Gasteiger partial charge in [-0.25, -0.2) is 0 Å². The van der Waals surface area contributed by atoms with E-state index in [0.717, 1.165) is 32.5 Å². The first-order valence-corrected chi connectivity index (χ1v) is 6.02. The minimum absolute atomic E-state index is 0.0958. The number of methoxy groups -OCH3 is 1. The summed E-state index contributed by atoms with van der Waals surface area (Å²) < 4.78 is 4.85. The van der Waals surface area contributed by atoms with Crippen LogP contribution in [0.25, 0.3) is 0 Å². The highest BCUT2D eigenvalue weighted by Crippen LogP contribution is 2.01. The third-order valence-electron chi connectivity index (χ3n) is 2.75. The summed E-state index contributed by atoms with van der Waals surface area (Å²) in [5, 5.41) is 9.53. The number of carbonyl (C=O) groups is 1. The number of amides is 1. The summed E-state index contributed by atoms with van der Waals surface area (Å²) in [5.74, 6) is 0.0958. The van der Waals surface area contributed by atoms with E-state index in [-0.39, 0.29) is 5.91 Å². The van der Waals surface area contributed by atoms with Gasteiger partial charge in [-0.15, -0.1) is 0 Å². The van der Waals surface area contributed by atoms with E-state index in [1.165, 1.54) is 0 Å². The molecule has 94 valence electrons. The fourth-order valence-electron chi connectivity index (χ4n) is 1.80. The predicted molar refractivity (Wildman–Crippen MR) is 63.4 cm³/mol. The van der Waals surface area contributed by atoms with E-state index >= 15 is 0 Å². The van der Waals surface area contributed by atoms with Crippen molar-refractivity contribution < 1.29 is 9.53 Å². The zero-order chi connectivity index (χ0) is 11.6. The monoisotopic (exact) mass is 229 g/mol. The Kier molecular flexibility index (Phi) is 7.12. The minimum Gasteiger partial charge on any atom is -0.383 e. The fourth-order valence-corrected chi connectivity index (χ4v) is 1.80. The highest BCUT2D eigenvalue weighted by molar-refractivity contribution is 5.76. The second kappa shape index (κ2) is 8.50.